The highest BCUT2D eigenvalue weighted by atomic mass is 16.3. The Morgan fingerprint density at radius 2 is 1.16 bits per heavy atom. The van der Waals surface area contributed by atoms with Crippen molar-refractivity contribution in [2.45, 2.75) is 124 Å². The van der Waals surface area contributed by atoms with Crippen LogP contribution in [-0.4, -0.2) is 5.11 Å². The Hall–Kier alpha value is -0.720. The molecule has 0 atom stereocenters. The second-order valence-electron chi connectivity index (χ2n) is 8.45. The van der Waals surface area contributed by atoms with Crippen molar-refractivity contribution in [3.05, 3.63) is 24.5 Å². The smallest absolute Gasteiger partial charge is 0.0891 e. The van der Waals surface area contributed by atoms with Crippen LogP contribution in [0.25, 0.3) is 0 Å². The quantitative estimate of drug-likeness (QED) is 0.149. The summed E-state index contributed by atoms with van der Waals surface area (Å²) in [6.45, 7) is 10.3. The number of rotatable bonds is 18. The van der Waals surface area contributed by atoms with E-state index in [1.165, 1.54) is 89.9 Å². The molecule has 148 valence electrons. The molecule has 0 amide bonds. The van der Waals surface area contributed by atoms with Gasteiger partial charge in [0.1, 0.15) is 0 Å². The van der Waals surface area contributed by atoms with Gasteiger partial charge in [-0.15, -0.1) is 6.58 Å². The molecule has 0 radical (unpaired) electrons. The summed E-state index contributed by atoms with van der Waals surface area (Å²) < 4.78 is 0. The number of aliphatic hydroxyl groups excluding tert-OH is 1. The van der Waals surface area contributed by atoms with Gasteiger partial charge in [0.05, 0.1) is 5.76 Å². The van der Waals surface area contributed by atoms with E-state index in [1.807, 2.05) is 12.2 Å². The summed E-state index contributed by atoms with van der Waals surface area (Å²) in [6.07, 6.45) is 25.1. The zero-order valence-corrected chi connectivity index (χ0v) is 17.6. The predicted octanol–water partition coefficient (Wildman–Crippen LogP) is 8.90. The molecule has 0 unspecified atom stereocenters. The zero-order chi connectivity index (χ0) is 18.8. The molecule has 0 aliphatic heterocycles. The molecule has 0 rings (SSSR count). The molecule has 0 bridgehead atoms. The molecule has 0 aromatic heterocycles. The van der Waals surface area contributed by atoms with E-state index >= 15 is 0 Å². The van der Waals surface area contributed by atoms with E-state index in [0.717, 1.165) is 6.42 Å². The van der Waals surface area contributed by atoms with Gasteiger partial charge in [0, 0.05) is 6.42 Å². The van der Waals surface area contributed by atoms with Gasteiger partial charge in [0.15, 0.2) is 0 Å². The summed E-state index contributed by atoms with van der Waals surface area (Å²) in [5, 5.41) is 9.93. The first-order valence-electron chi connectivity index (χ1n) is 11.0. The van der Waals surface area contributed by atoms with Crippen molar-refractivity contribution in [2.75, 3.05) is 0 Å². The van der Waals surface area contributed by atoms with E-state index in [2.05, 4.69) is 27.4 Å². The monoisotopic (exact) mass is 350 g/mol. The summed E-state index contributed by atoms with van der Waals surface area (Å²) in [6, 6.07) is 0. The molecule has 0 saturated heterocycles. The fourth-order valence-electron chi connectivity index (χ4n) is 3.22. The lowest BCUT2D eigenvalue weighted by Crippen LogP contribution is -2.07. The maximum absolute atomic E-state index is 9.93. The van der Waals surface area contributed by atoms with Crippen LogP contribution in [0.4, 0.5) is 0 Å². The first-order valence-corrected chi connectivity index (χ1v) is 11.0. The molecule has 0 spiro atoms. The Morgan fingerprint density at radius 3 is 1.56 bits per heavy atom. The second-order valence-corrected chi connectivity index (χ2v) is 8.45. The average molecular weight is 351 g/mol. The van der Waals surface area contributed by atoms with E-state index in [0.29, 0.717) is 12.2 Å². The number of aliphatic hydroxyl groups is 1. The minimum absolute atomic E-state index is 0.00388. The van der Waals surface area contributed by atoms with Gasteiger partial charge in [0.25, 0.3) is 0 Å². The molecular formula is C24H46O. The van der Waals surface area contributed by atoms with Crippen molar-refractivity contribution in [3.8, 4) is 0 Å². The van der Waals surface area contributed by atoms with Crippen LogP contribution in [-0.2, 0) is 0 Å². The maximum Gasteiger partial charge on any atom is 0.0891 e. The Morgan fingerprint density at radius 1 is 0.760 bits per heavy atom. The van der Waals surface area contributed by atoms with E-state index in [4.69, 9.17) is 0 Å². The number of unbranched alkanes of at least 4 members (excludes halogenated alkanes) is 14. The highest BCUT2D eigenvalue weighted by molar-refractivity contribution is 5.00. The number of hydrogen-bond acceptors (Lipinski definition) is 1. The molecule has 0 aliphatic carbocycles. The van der Waals surface area contributed by atoms with Crippen LogP contribution in [0.2, 0.25) is 0 Å². The van der Waals surface area contributed by atoms with E-state index in [9.17, 15) is 5.11 Å². The van der Waals surface area contributed by atoms with Crippen molar-refractivity contribution in [1.29, 1.82) is 0 Å². The molecule has 1 N–H and O–H groups in total. The minimum atomic E-state index is -0.00388. The SMILES string of the molecule is C=CC(C)(C)CC(O)=CCCCCCCCCCCCCCCCC. The molecule has 0 saturated carbocycles. The lowest BCUT2D eigenvalue weighted by molar-refractivity contribution is 0.326. The molecule has 0 fully saturated rings. The molecule has 0 aromatic rings. The fourth-order valence-corrected chi connectivity index (χ4v) is 3.22. The van der Waals surface area contributed by atoms with Crippen LogP contribution >= 0.6 is 0 Å². The topological polar surface area (TPSA) is 20.2 Å². The van der Waals surface area contributed by atoms with Crippen LogP contribution in [0.3, 0.4) is 0 Å². The van der Waals surface area contributed by atoms with Crippen LogP contribution in [0.1, 0.15) is 124 Å². The lowest BCUT2D eigenvalue weighted by atomic mass is 9.88. The van der Waals surface area contributed by atoms with Crippen molar-refractivity contribution >= 4 is 0 Å². The van der Waals surface area contributed by atoms with Crippen molar-refractivity contribution in [2.24, 2.45) is 5.41 Å². The van der Waals surface area contributed by atoms with E-state index in [-0.39, 0.29) is 5.41 Å². The number of allylic oxidation sites excluding steroid dienone is 3. The third kappa shape index (κ3) is 17.9. The van der Waals surface area contributed by atoms with Gasteiger partial charge in [0.2, 0.25) is 0 Å². The van der Waals surface area contributed by atoms with Crippen LogP contribution < -0.4 is 0 Å². The largest absolute Gasteiger partial charge is 0.513 e. The van der Waals surface area contributed by atoms with Gasteiger partial charge >= 0.3 is 0 Å². The molecule has 0 heterocycles. The van der Waals surface area contributed by atoms with Crippen molar-refractivity contribution in [1.82, 2.24) is 0 Å². The number of hydrogen-bond donors (Lipinski definition) is 1. The third-order valence-corrected chi connectivity index (χ3v) is 5.13. The summed E-state index contributed by atoms with van der Waals surface area (Å²) in [5.74, 6) is 0.527. The van der Waals surface area contributed by atoms with Crippen LogP contribution in [0.15, 0.2) is 24.5 Å². The standard InChI is InChI=1S/C24H46O/c1-5-7-8-9-10-11-12-13-14-15-16-17-18-19-20-21-23(25)22-24(3,4)6-2/h6,21,25H,2,5,7-20,22H2,1,3-4H3. The lowest BCUT2D eigenvalue weighted by Gasteiger charge is -2.18. The Bertz CT molecular complexity index is 327. The summed E-state index contributed by atoms with van der Waals surface area (Å²) >= 11 is 0. The highest BCUT2D eigenvalue weighted by Crippen LogP contribution is 2.25. The summed E-state index contributed by atoms with van der Waals surface area (Å²) in [7, 11) is 0. The molecule has 0 aliphatic rings. The van der Waals surface area contributed by atoms with Gasteiger partial charge in [-0.05, 0) is 24.3 Å². The van der Waals surface area contributed by atoms with Gasteiger partial charge in [-0.25, -0.2) is 0 Å². The highest BCUT2D eigenvalue weighted by Gasteiger charge is 2.14. The van der Waals surface area contributed by atoms with E-state index in [1.54, 1.807) is 0 Å². The maximum atomic E-state index is 9.93. The normalized spacial score (nSPS) is 12.5. The predicted molar refractivity (Wildman–Crippen MR) is 114 cm³/mol. The van der Waals surface area contributed by atoms with Gasteiger partial charge < -0.3 is 5.11 Å². The first kappa shape index (κ1) is 24.3. The third-order valence-electron chi connectivity index (χ3n) is 5.13. The van der Waals surface area contributed by atoms with Crippen LogP contribution in [0, 0.1) is 5.41 Å². The Balaban J connectivity index is 3.30. The Labute approximate surface area is 159 Å². The Kier molecular flexibility index (Phi) is 16.3. The molecule has 1 heteroatoms. The first-order chi connectivity index (χ1) is 12.0. The zero-order valence-electron chi connectivity index (χ0n) is 17.6. The average Bonchev–Trinajstić information content (AvgIpc) is 2.58. The fraction of sp³-hybridized carbons (Fsp3) is 0.833. The molecule has 1 nitrogen and oxygen atoms in total. The van der Waals surface area contributed by atoms with E-state index < -0.39 is 0 Å². The second kappa shape index (κ2) is 16.7. The molecule has 25 heavy (non-hydrogen) atoms. The molecular weight excluding hydrogens is 304 g/mol. The summed E-state index contributed by atoms with van der Waals surface area (Å²) in [4.78, 5) is 0. The van der Waals surface area contributed by atoms with Gasteiger partial charge in [-0.1, -0.05) is 110 Å². The van der Waals surface area contributed by atoms with Crippen molar-refractivity contribution in [3.63, 3.8) is 0 Å². The summed E-state index contributed by atoms with van der Waals surface area (Å²) in [5.41, 5.74) is -0.00388. The van der Waals surface area contributed by atoms with Gasteiger partial charge in [-0.2, -0.15) is 0 Å². The minimum Gasteiger partial charge on any atom is -0.513 e. The van der Waals surface area contributed by atoms with Crippen molar-refractivity contribution < 1.29 is 5.11 Å². The van der Waals surface area contributed by atoms with Crippen LogP contribution in [0.5, 0.6) is 0 Å². The van der Waals surface area contributed by atoms with Gasteiger partial charge in [-0.3, -0.25) is 0 Å². The molecule has 0 aromatic carbocycles.